The molecule has 0 radical (unpaired) electrons. The Morgan fingerprint density at radius 2 is 2.12 bits per heavy atom. The van der Waals surface area contributed by atoms with Gasteiger partial charge in [-0.3, -0.25) is 14.9 Å². The highest BCUT2D eigenvalue weighted by Crippen LogP contribution is 2.35. The van der Waals surface area contributed by atoms with E-state index in [0.717, 1.165) is 22.9 Å². The van der Waals surface area contributed by atoms with Gasteiger partial charge in [-0.15, -0.1) is 11.3 Å². The summed E-state index contributed by atoms with van der Waals surface area (Å²) >= 11 is 13.0. The number of piperidine rings is 1. The van der Waals surface area contributed by atoms with Gasteiger partial charge in [0.25, 0.3) is 5.91 Å². The molecule has 2 aromatic rings. The predicted molar refractivity (Wildman–Crippen MR) is 100 cm³/mol. The molecule has 3 N–H and O–H groups in total. The fraction of sp³-hybridized carbons (Fsp3) is 0.312. The van der Waals surface area contributed by atoms with Gasteiger partial charge in [0, 0.05) is 23.2 Å². The molecule has 2 heterocycles. The lowest BCUT2D eigenvalue weighted by Crippen LogP contribution is -2.49. The van der Waals surface area contributed by atoms with Crippen LogP contribution in [-0.2, 0) is 4.79 Å². The first-order valence-electron chi connectivity index (χ1n) is 7.54. The monoisotopic (exact) mass is 381 g/mol. The Bertz CT molecular complexity index is 821. The van der Waals surface area contributed by atoms with E-state index in [2.05, 4.69) is 5.32 Å². The van der Waals surface area contributed by atoms with Crippen LogP contribution in [0.1, 0.15) is 22.5 Å². The number of likely N-dealkylation sites (tertiary alicyclic amines) is 1. The number of benzene rings is 1. The van der Waals surface area contributed by atoms with E-state index in [9.17, 15) is 9.59 Å². The SMILES string of the molecule is NC(=O)[C@H]1CCCN(C(=S)NC(=O)c2sc3ccccc3c2Cl)C1. The number of nitrogens with zero attached hydrogens (tertiary/aromatic N) is 1. The lowest BCUT2D eigenvalue weighted by atomic mass is 9.98. The first kappa shape index (κ1) is 17.1. The van der Waals surface area contributed by atoms with Crippen molar-refractivity contribution in [3.8, 4) is 0 Å². The molecule has 1 fully saturated rings. The fourth-order valence-electron chi connectivity index (χ4n) is 2.79. The van der Waals surface area contributed by atoms with Crippen molar-refractivity contribution in [2.75, 3.05) is 13.1 Å². The van der Waals surface area contributed by atoms with Gasteiger partial charge in [0.1, 0.15) is 4.88 Å². The maximum absolute atomic E-state index is 12.5. The van der Waals surface area contributed by atoms with Crippen molar-refractivity contribution in [3.63, 3.8) is 0 Å². The number of fused-ring (bicyclic) bond motifs is 1. The van der Waals surface area contributed by atoms with E-state index < -0.39 is 0 Å². The molecule has 8 heteroatoms. The molecule has 1 aliphatic heterocycles. The quantitative estimate of drug-likeness (QED) is 0.784. The third-order valence-electron chi connectivity index (χ3n) is 4.07. The molecule has 1 aromatic heterocycles. The number of thiophene rings is 1. The largest absolute Gasteiger partial charge is 0.369 e. The second-order valence-electron chi connectivity index (χ2n) is 5.69. The van der Waals surface area contributed by atoms with Crippen molar-refractivity contribution in [2.24, 2.45) is 11.7 Å². The van der Waals surface area contributed by atoms with E-state index in [1.165, 1.54) is 11.3 Å². The maximum Gasteiger partial charge on any atom is 0.269 e. The zero-order valence-corrected chi connectivity index (χ0v) is 15.1. The normalized spacial score (nSPS) is 17.7. The summed E-state index contributed by atoms with van der Waals surface area (Å²) in [5, 5.41) is 4.31. The van der Waals surface area contributed by atoms with Gasteiger partial charge in [0.2, 0.25) is 5.91 Å². The minimum absolute atomic E-state index is 0.235. The Morgan fingerprint density at radius 1 is 1.38 bits per heavy atom. The summed E-state index contributed by atoms with van der Waals surface area (Å²) in [4.78, 5) is 26.1. The maximum atomic E-state index is 12.5. The molecule has 2 amide bonds. The van der Waals surface area contributed by atoms with Gasteiger partial charge in [0.05, 0.1) is 10.9 Å². The Labute approximate surface area is 153 Å². The summed E-state index contributed by atoms with van der Waals surface area (Å²) in [6.45, 7) is 1.14. The fourth-order valence-corrected chi connectivity index (χ4v) is 4.46. The summed E-state index contributed by atoms with van der Waals surface area (Å²) in [7, 11) is 0. The average molecular weight is 382 g/mol. The molecule has 3 rings (SSSR count). The molecule has 0 aliphatic carbocycles. The van der Waals surface area contributed by atoms with Crippen LogP contribution in [0, 0.1) is 5.92 Å². The van der Waals surface area contributed by atoms with Crippen LogP contribution in [0.15, 0.2) is 24.3 Å². The Hall–Kier alpha value is -1.70. The minimum Gasteiger partial charge on any atom is -0.369 e. The Morgan fingerprint density at radius 3 is 2.83 bits per heavy atom. The highest BCUT2D eigenvalue weighted by Gasteiger charge is 2.27. The highest BCUT2D eigenvalue weighted by atomic mass is 35.5. The molecule has 1 saturated heterocycles. The van der Waals surface area contributed by atoms with Crippen LogP contribution < -0.4 is 11.1 Å². The van der Waals surface area contributed by atoms with Crippen molar-refractivity contribution in [2.45, 2.75) is 12.8 Å². The van der Waals surface area contributed by atoms with Crippen molar-refractivity contribution in [1.82, 2.24) is 10.2 Å². The number of thiocarbonyl (C=S) groups is 1. The van der Waals surface area contributed by atoms with Crippen LogP contribution in [-0.4, -0.2) is 34.9 Å². The first-order chi connectivity index (χ1) is 11.5. The molecule has 0 unspecified atom stereocenters. The number of nitrogens with two attached hydrogens (primary N) is 1. The highest BCUT2D eigenvalue weighted by molar-refractivity contribution is 7.80. The molecular formula is C16H16ClN3O2S2. The van der Waals surface area contributed by atoms with Crippen LogP contribution in [0.2, 0.25) is 5.02 Å². The molecule has 0 bridgehead atoms. The number of halogens is 1. The molecule has 126 valence electrons. The van der Waals surface area contributed by atoms with Crippen molar-refractivity contribution >= 4 is 62.2 Å². The second kappa shape index (κ2) is 7.04. The van der Waals surface area contributed by atoms with Gasteiger partial charge in [-0.2, -0.15) is 0 Å². The number of amides is 2. The number of nitrogens with one attached hydrogen (secondary N) is 1. The molecule has 1 aliphatic rings. The van der Waals surface area contributed by atoms with Gasteiger partial charge in [-0.25, -0.2) is 0 Å². The standard InChI is InChI=1S/C16H16ClN3O2S2/c17-12-10-5-1-2-6-11(10)24-13(12)15(22)19-16(23)20-7-3-4-9(8-20)14(18)21/h1-2,5-6,9H,3-4,7-8H2,(H2,18,21)(H,19,22,23)/t9-/m0/s1. The smallest absolute Gasteiger partial charge is 0.269 e. The molecule has 1 atom stereocenters. The zero-order valence-electron chi connectivity index (χ0n) is 12.8. The van der Waals surface area contributed by atoms with Crippen LogP contribution in [0.4, 0.5) is 0 Å². The van der Waals surface area contributed by atoms with Crippen molar-refractivity contribution in [3.05, 3.63) is 34.2 Å². The van der Waals surface area contributed by atoms with E-state index in [1.807, 2.05) is 29.2 Å². The van der Waals surface area contributed by atoms with E-state index in [4.69, 9.17) is 29.6 Å². The number of primary amides is 1. The third kappa shape index (κ3) is 3.38. The van der Waals surface area contributed by atoms with Crippen LogP contribution in [0.3, 0.4) is 0 Å². The van der Waals surface area contributed by atoms with Crippen molar-refractivity contribution in [1.29, 1.82) is 0 Å². The summed E-state index contributed by atoms with van der Waals surface area (Å²) in [6, 6.07) is 7.58. The second-order valence-corrected chi connectivity index (χ2v) is 7.51. The predicted octanol–water partition coefficient (Wildman–Crippen LogP) is 2.77. The molecular weight excluding hydrogens is 366 g/mol. The van der Waals surface area contributed by atoms with Crippen LogP contribution in [0.5, 0.6) is 0 Å². The summed E-state index contributed by atoms with van der Waals surface area (Å²) < 4.78 is 0.949. The number of carbonyl (C=O) groups is 2. The van der Waals surface area contributed by atoms with Gasteiger partial charge in [0.15, 0.2) is 5.11 Å². The zero-order chi connectivity index (χ0) is 17.3. The lowest BCUT2D eigenvalue weighted by molar-refractivity contribution is -0.122. The van der Waals surface area contributed by atoms with Crippen LogP contribution >= 0.6 is 35.2 Å². The van der Waals surface area contributed by atoms with Crippen LogP contribution in [0.25, 0.3) is 10.1 Å². The lowest BCUT2D eigenvalue weighted by Gasteiger charge is -2.32. The number of hydrogen-bond donors (Lipinski definition) is 2. The molecule has 24 heavy (non-hydrogen) atoms. The van der Waals surface area contributed by atoms with E-state index >= 15 is 0 Å². The Balaban J connectivity index is 1.72. The van der Waals surface area contributed by atoms with Gasteiger partial charge < -0.3 is 10.6 Å². The molecule has 5 nitrogen and oxygen atoms in total. The summed E-state index contributed by atoms with van der Waals surface area (Å²) in [6.07, 6.45) is 1.57. The summed E-state index contributed by atoms with van der Waals surface area (Å²) in [5.41, 5.74) is 5.37. The van der Waals surface area contributed by atoms with Gasteiger partial charge in [-0.1, -0.05) is 29.8 Å². The van der Waals surface area contributed by atoms with E-state index in [1.54, 1.807) is 0 Å². The minimum atomic E-state index is -0.332. The number of hydrogen-bond acceptors (Lipinski definition) is 4. The molecule has 0 saturated carbocycles. The Kier molecular flexibility index (Phi) is 5.03. The summed E-state index contributed by atoms with van der Waals surface area (Å²) in [5.74, 6) is -0.893. The average Bonchev–Trinajstić information content (AvgIpc) is 2.92. The number of rotatable bonds is 2. The van der Waals surface area contributed by atoms with Gasteiger partial charge >= 0.3 is 0 Å². The van der Waals surface area contributed by atoms with E-state index in [-0.39, 0.29) is 17.7 Å². The molecule has 1 aromatic carbocycles. The number of carbonyl (C=O) groups excluding carboxylic acids is 2. The van der Waals surface area contributed by atoms with E-state index in [0.29, 0.717) is 28.1 Å². The topological polar surface area (TPSA) is 75.4 Å². The van der Waals surface area contributed by atoms with Crippen molar-refractivity contribution < 1.29 is 9.59 Å². The first-order valence-corrected chi connectivity index (χ1v) is 9.14. The molecule has 0 spiro atoms. The van der Waals surface area contributed by atoms with Gasteiger partial charge in [-0.05, 0) is 31.1 Å². The third-order valence-corrected chi connectivity index (χ3v) is 6.11.